The van der Waals surface area contributed by atoms with Crippen LogP contribution >= 0.6 is 0 Å². The Balaban J connectivity index is 1.75. The lowest BCUT2D eigenvalue weighted by molar-refractivity contribution is 0.414. The van der Waals surface area contributed by atoms with E-state index in [4.69, 9.17) is 9.47 Å². The Hall–Kier alpha value is -2.14. The number of hydrogen-bond donors (Lipinski definition) is 2. The highest BCUT2D eigenvalue weighted by Gasteiger charge is 2.14. The molecule has 0 aromatic heterocycles. The second kappa shape index (κ2) is 9.87. The van der Waals surface area contributed by atoms with Crippen LogP contribution in [0.3, 0.4) is 0 Å². The molecule has 0 aliphatic rings. The lowest BCUT2D eigenvalue weighted by Crippen LogP contribution is -2.27. The zero-order chi connectivity index (χ0) is 20.6. The van der Waals surface area contributed by atoms with Crippen LogP contribution in [0, 0.1) is 0 Å². The minimum Gasteiger partial charge on any atom is -0.497 e. The number of nitrogens with one attached hydrogen (secondary N) is 2. The van der Waals surface area contributed by atoms with Gasteiger partial charge in [-0.1, -0.05) is 0 Å². The van der Waals surface area contributed by atoms with E-state index in [1.54, 1.807) is 24.3 Å². The number of sulfonamides is 2. The Kier molecular flexibility index (Phi) is 7.81. The summed E-state index contributed by atoms with van der Waals surface area (Å²) in [6.45, 7) is 0.414. The minimum atomic E-state index is -3.61. The quantitative estimate of drug-likeness (QED) is 0.528. The van der Waals surface area contributed by atoms with Gasteiger partial charge in [-0.25, -0.2) is 26.3 Å². The van der Waals surface area contributed by atoms with E-state index >= 15 is 0 Å². The largest absolute Gasteiger partial charge is 0.497 e. The van der Waals surface area contributed by atoms with Gasteiger partial charge in [-0.05, 0) is 61.4 Å². The zero-order valence-corrected chi connectivity index (χ0v) is 17.3. The molecule has 0 spiro atoms. The zero-order valence-electron chi connectivity index (χ0n) is 15.7. The van der Waals surface area contributed by atoms with Crippen molar-refractivity contribution in [2.45, 2.75) is 22.6 Å². The standard InChI is InChI=1S/C18H24N2O6S2/c1-25-15-5-9-17(10-6-15)27(21,22)19-13-3-4-14-20-28(23,24)18-11-7-16(26-2)8-12-18/h5-12,19-20H,3-4,13-14H2,1-2H3. The van der Waals surface area contributed by atoms with Crippen LogP contribution in [0.2, 0.25) is 0 Å². The Morgan fingerprint density at radius 3 is 1.25 bits per heavy atom. The monoisotopic (exact) mass is 428 g/mol. The van der Waals surface area contributed by atoms with Gasteiger partial charge in [0.2, 0.25) is 20.0 Å². The number of benzene rings is 2. The van der Waals surface area contributed by atoms with Gasteiger partial charge in [-0.15, -0.1) is 0 Å². The van der Waals surface area contributed by atoms with Crippen LogP contribution in [0.5, 0.6) is 11.5 Å². The maximum atomic E-state index is 12.2. The molecule has 0 amide bonds. The molecule has 2 aromatic rings. The topological polar surface area (TPSA) is 111 Å². The molecule has 0 aliphatic carbocycles. The molecule has 0 bridgehead atoms. The van der Waals surface area contributed by atoms with E-state index in [1.165, 1.54) is 38.5 Å². The maximum Gasteiger partial charge on any atom is 0.240 e. The number of methoxy groups -OCH3 is 2. The summed E-state index contributed by atoms with van der Waals surface area (Å²) in [5.74, 6) is 1.14. The summed E-state index contributed by atoms with van der Waals surface area (Å²) in [5.41, 5.74) is 0. The fraction of sp³-hybridized carbons (Fsp3) is 0.333. The predicted molar refractivity (Wildman–Crippen MR) is 106 cm³/mol. The summed E-state index contributed by atoms with van der Waals surface area (Å²) < 4.78 is 63.7. The lowest BCUT2D eigenvalue weighted by Gasteiger charge is -2.09. The highest BCUT2D eigenvalue weighted by atomic mass is 32.2. The van der Waals surface area contributed by atoms with E-state index in [0.717, 1.165) is 0 Å². The van der Waals surface area contributed by atoms with Crippen molar-refractivity contribution in [3.63, 3.8) is 0 Å². The lowest BCUT2D eigenvalue weighted by atomic mass is 10.3. The van der Waals surface area contributed by atoms with Crippen LogP contribution in [0.4, 0.5) is 0 Å². The second-order valence-corrected chi connectivity index (χ2v) is 9.39. The Morgan fingerprint density at radius 1 is 0.643 bits per heavy atom. The van der Waals surface area contributed by atoms with E-state index in [1.807, 2.05) is 0 Å². The van der Waals surface area contributed by atoms with Gasteiger partial charge >= 0.3 is 0 Å². The van der Waals surface area contributed by atoms with Gasteiger partial charge in [0.15, 0.2) is 0 Å². The third kappa shape index (κ3) is 6.20. The summed E-state index contributed by atoms with van der Waals surface area (Å²) in [6, 6.07) is 12.1. The van der Waals surface area contributed by atoms with Crippen molar-refractivity contribution in [2.24, 2.45) is 0 Å². The van der Waals surface area contributed by atoms with Crippen molar-refractivity contribution >= 4 is 20.0 Å². The molecule has 0 saturated heterocycles. The first-order chi connectivity index (χ1) is 13.3. The highest BCUT2D eigenvalue weighted by Crippen LogP contribution is 2.16. The molecule has 154 valence electrons. The molecular formula is C18H24N2O6S2. The molecule has 2 rings (SSSR count). The molecule has 10 heteroatoms. The Bertz CT molecular complexity index is 875. The molecule has 0 radical (unpaired) electrons. The number of unbranched alkanes of at least 4 members (excludes halogenated alkanes) is 1. The van der Waals surface area contributed by atoms with Crippen LogP contribution < -0.4 is 18.9 Å². The van der Waals surface area contributed by atoms with Crippen molar-refractivity contribution in [2.75, 3.05) is 27.3 Å². The first-order valence-corrected chi connectivity index (χ1v) is 11.5. The number of rotatable bonds is 11. The smallest absolute Gasteiger partial charge is 0.240 e. The minimum absolute atomic E-state index is 0.147. The van der Waals surface area contributed by atoms with Crippen molar-refractivity contribution in [3.05, 3.63) is 48.5 Å². The fourth-order valence-corrected chi connectivity index (χ4v) is 4.49. The highest BCUT2D eigenvalue weighted by molar-refractivity contribution is 7.89. The molecule has 8 nitrogen and oxygen atoms in total. The average Bonchev–Trinajstić information content (AvgIpc) is 2.70. The van der Waals surface area contributed by atoms with Crippen molar-refractivity contribution in [1.82, 2.24) is 9.44 Å². The first-order valence-electron chi connectivity index (χ1n) is 8.56. The van der Waals surface area contributed by atoms with Crippen LogP contribution in [0.1, 0.15) is 12.8 Å². The van der Waals surface area contributed by atoms with Gasteiger partial charge in [-0.2, -0.15) is 0 Å². The van der Waals surface area contributed by atoms with Gasteiger partial charge in [0.05, 0.1) is 24.0 Å². The van der Waals surface area contributed by atoms with E-state index in [-0.39, 0.29) is 22.9 Å². The van der Waals surface area contributed by atoms with E-state index in [2.05, 4.69) is 9.44 Å². The maximum absolute atomic E-state index is 12.2. The van der Waals surface area contributed by atoms with E-state index in [9.17, 15) is 16.8 Å². The number of ether oxygens (including phenoxy) is 2. The number of hydrogen-bond acceptors (Lipinski definition) is 6. The molecule has 0 atom stereocenters. The van der Waals surface area contributed by atoms with Crippen LogP contribution in [-0.4, -0.2) is 44.1 Å². The molecule has 0 fully saturated rings. The summed E-state index contributed by atoms with van der Waals surface area (Å²) in [7, 11) is -4.20. The third-order valence-electron chi connectivity index (χ3n) is 3.93. The summed E-state index contributed by atoms with van der Waals surface area (Å²) in [4.78, 5) is 0.294. The predicted octanol–water partition coefficient (Wildman–Crippen LogP) is 1.74. The van der Waals surface area contributed by atoms with Gasteiger partial charge < -0.3 is 9.47 Å². The van der Waals surface area contributed by atoms with Crippen LogP contribution in [0.15, 0.2) is 58.3 Å². The summed E-state index contributed by atoms with van der Waals surface area (Å²) in [6.07, 6.45) is 0.973. The molecule has 0 heterocycles. The summed E-state index contributed by atoms with van der Waals surface area (Å²) in [5, 5.41) is 0. The van der Waals surface area contributed by atoms with Crippen molar-refractivity contribution < 1.29 is 26.3 Å². The molecule has 28 heavy (non-hydrogen) atoms. The fourth-order valence-electron chi connectivity index (χ4n) is 2.34. The van der Waals surface area contributed by atoms with Gasteiger partial charge in [0, 0.05) is 13.1 Å². The molecule has 2 N–H and O–H groups in total. The van der Waals surface area contributed by atoms with Crippen molar-refractivity contribution in [1.29, 1.82) is 0 Å². The Labute approximate surface area is 166 Å². The average molecular weight is 429 g/mol. The second-order valence-electron chi connectivity index (χ2n) is 5.85. The normalized spacial score (nSPS) is 11.9. The summed E-state index contributed by atoms with van der Waals surface area (Å²) >= 11 is 0. The first kappa shape index (κ1) is 22.2. The van der Waals surface area contributed by atoms with E-state index in [0.29, 0.717) is 24.3 Å². The Morgan fingerprint density at radius 2 is 0.964 bits per heavy atom. The van der Waals surface area contributed by atoms with Crippen LogP contribution in [0.25, 0.3) is 0 Å². The van der Waals surface area contributed by atoms with Gasteiger partial charge in [0.25, 0.3) is 0 Å². The third-order valence-corrected chi connectivity index (χ3v) is 6.88. The van der Waals surface area contributed by atoms with Gasteiger partial charge in [-0.3, -0.25) is 0 Å². The molecule has 0 unspecified atom stereocenters. The molecule has 0 saturated carbocycles. The molecule has 2 aromatic carbocycles. The molecule has 0 aliphatic heterocycles. The van der Waals surface area contributed by atoms with Crippen LogP contribution in [-0.2, 0) is 20.0 Å². The van der Waals surface area contributed by atoms with Crippen molar-refractivity contribution in [3.8, 4) is 11.5 Å². The van der Waals surface area contributed by atoms with Gasteiger partial charge in [0.1, 0.15) is 11.5 Å². The SMILES string of the molecule is COc1ccc(S(=O)(=O)NCCCCNS(=O)(=O)c2ccc(OC)cc2)cc1. The van der Waals surface area contributed by atoms with E-state index < -0.39 is 20.0 Å². The molecular weight excluding hydrogens is 404 g/mol.